The Bertz CT molecular complexity index is 1420. The standard InChI is InChI=1S/C22H18F4N6O/c1-11-5-3-8-16-17(11)20(33)32(14-7-4-6-13(23)9-14)19(30-16)12(2)29-18-15(22(24,25)26)10-28-21(27)31-18/h3-10,12H,1-2H3,(H3,27,28,29,31). The SMILES string of the molecule is Cc1cccc2nc(C(C)Nc3nc(N)ncc3C(F)(F)F)n(-c3cccc(F)c3)c(=O)c12. The number of nitrogens with one attached hydrogen (secondary N) is 1. The number of fused-ring (bicyclic) bond motifs is 1. The molecule has 0 aliphatic rings. The van der Waals surface area contributed by atoms with Crippen molar-refractivity contribution in [3.05, 3.63) is 81.8 Å². The number of aromatic nitrogens is 4. The van der Waals surface area contributed by atoms with Crippen LogP contribution in [0.5, 0.6) is 0 Å². The molecule has 0 aliphatic carbocycles. The van der Waals surface area contributed by atoms with Crippen LogP contribution in [0.2, 0.25) is 0 Å². The normalized spacial score (nSPS) is 12.7. The van der Waals surface area contributed by atoms with E-state index in [1.54, 1.807) is 25.1 Å². The van der Waals surface area contributed by atoms with E-state index in [-0.39, 0.29) is 17.5 Å². The summed E-state index contributed by atoms with van der Waals surface area (Å²) >= 11 is 0. The van der Waals surface area contributed by atoms with Gasteiger partial charge < -0.3 is 11.1 Å². The molecule has 4 aromatic rings. The molecule has 0 aliphatic heterocycles. The van der Waals surface area contributed by atoms with Gasteiger partial charge in [-0.3, -0.25) is 9.36 Å². The fourth-order valence-corrected chi connectivity index (χ4v) is 3.55. The Kier molecular flexibility index (Phi) is 5.48. The van der Waals surface area contributed by atoms with E-state index >= 15 is 0 Å². The van der Waals surface area contributed by atoms with Gasteiger partial charge >= 0.3 is 6.18 Å². The molecule has 33 heavy (non-hydrogen) atoms. The van der Waals surface area contributed by atoms with Crippen LogP contribution in [0.15, 0.2) is 53.5 Å². The number of nitrogens with two attached hydrogens (primary N) is 1. The molecule has 2 aromatic heterocycles. The van der Waals surface area contributed by atoms with E-state index in [0.717, 1.165) is 6.07 Å². The number of aryl methyl sites for hydroxylation is 1. The number of nitrogens with zero attached hydrogens (tertiary/aromatic N) is 4. The van der Waals surface area contributed by atoms with Gasteiger partial charge in [-0.1, -0.05) is 18.2 Å². The van der Waals surface area contributed by atoms with E-state index in [2.05, 4.69) is 20.3 Å². The molecule has 0 saturated carbocycles. The van der Waals surface area contributed by atoms with Crippen LogP contribution < -0.4 is 16.6 Å². The molecule has 2 aromatic carbocycles. The minimum absolute atomic E-state index is 0.0639. The number of anilines is 2. The Balaban J connectivity index is 1.94. The molecule has 1 unspecified atom stereocenters. The number of alkyl halides is 3. The van der Waals surface area contributed by atoms with Gasteiger partial charge in [0, 0.05) is 6.20 Å². The summed E-state index contributed by atoms with van der Waals surface area (Å²) in [6, 6.07) is 9.42. The fourth-order valence-electron chi connectivity index (χ4n) is 3.55. The van der Waals surface area contributed by atoms with Crippen LogP contribution in [0.25, 0.3) is 16.6 Å². The maximum absolute atomic E-state index is 14.0. The van der Waals surface area contributed by atoms with E-state index < -0.39 is 35.0 Å². The molecule has 170 valence electrons. The van der Waals surface area contributed by atoms with Gasteiger partial charge in [-0.05, 0) is 43.7 Å². The first-order valence-corrected chi connectivity index (χ1v) is 9.80. The zero-order valence-electron chi connectivity index (χ0n) is 17.5. The summed E-state index contributed by atoms with van der Waals surface area (Å²) in [5.74, 6) is -1.44. The Labute approximate surface area is 184 Å². The molecule has 0 radical (unpaired) electrons. The summed E-state index contributed by atoms with van der Waals surface area (Å²) in [6.07, 6.45) is -4.17. The topological polar surface area (TPSA) is 98.7 Å². The van der Waals surface area contributed by atoms with Gasteiger partial charge in [0.05, 0.1) is 22.6 Å². The van der Waals surface area contributed by atoms with Crippen molar-refractivity contribution in [1.82, 2.24) is 19.5 Å². The average molecular weight is 458 g/mol. The van der Waals surface area contributed by atoms with E-state index in [4.69, 9.17) is 5.73 Å². The van der Waals surface area contributed by atoms with E-state index in [9.17, 15) is 22.4 Å². The number of rotatable bonds is 4. The zero-order valence-corrected chi connectivity index (χ0v) is 17.5. The summed E-state index contributed by atoms with van der Waals surface area (Å²) in [7, 11) is 0. The van der Waals surface area contributed by atoms with Gasteiger partial charge in [-0.2, -0.15) is 18.2 Å². The van der Waals surface area contributed by atoms with Gasteiger partial charge in [0.2, 0.25) is 5.95 Å². The third-order valence-corrected chi connectivity index (χ3v) is 5.05. The maximum Gasteiger partial charge on any atom is 0.421 e. The third kappa shape index (κ3) is 4.21. The molecule has 7 nitrogen and oxygen atoms in total. The van der Waals surface area contributed by atoms with Crippen molar-refractivity contribution in [2.45, 2.75) is 26.1 Å². The monoisotopic (exact) mass is 458 g/mol. The molecule has 0 bridgehead atoms. The van der Waals surface area contributed by atoms with Crippen molar-refractivity contribution in [2.75, 3.05) is 11.1 Å². The van der Waals surface area contributed by atoms with Crippen LogP contribution in [-0.2, 0) is 6.18 Å². The predicted molar refractivity (Wildman–Crippen MR) is 116 cm³/mol. The van der Waals surface area contributed by atoms with Gasteiger partial charge in [-0.25, -0.2) is 14.4 Å². The first kappa shape index (κ1) is 22.2. The predicted octanol–water partition coefficient (Wildman–Crippen LogP) is 4.40. The molecule has 0 saturated heterocycles. The van der Waals surface area contributed by atoms with Crippen molar-refractivity contribution in [3.8, 4) is 5.69 Å². The van der Waals surface area contributed by atoms with E-state index in [1.165, 1.54) is 29.7 Å². The summed E-state index contributed by atoms with van der Waals surface area (Å²) in [4.78, 5) is 25.1. The van der Waals surface area contributed by atoms with E-state index in [1.807, 2.05) is 0 Å². The quantitative estimate of drug-likeness (QED) is 0.440. The van der Waals surface area contributed by atoms with Gasteiger partial charge in [0.1, 0.15) is 23.0 Å². The number of nitrogen functional groups attached to an aromatic ring is 1. The lowest BCUT2D eigenvalue weighted by Crippen LogP contribution is -2.28. The molecule has 0 amide bonds. The molecule has 11 heteroatoms. The highest BCUT2D eigenvalue weighted by atomic mass is 19.4. The third-order valence-electron chi connectivity index (χ3n) is 5.05. The molecular weight excluding hydrogens is 440 g/mol. The van der Waals surface area contributed by atoms with Crippen LogP contribution in [0, 0.1) is 12.7 Å². The summed E-state index contributed by atoms with van der Waals surface area (Å²) in [6.45, 7) is 3.25. The number of benzene rings is 2. The molecule has 4 rings (SSSR count). The highest BCUT2D eigenvalue weighted by Gasteiger charge is 2.36. The van der Waals surface area contributed by atoms with Crippen LogP contribution in [0.3, 0.4) is 0 Å². The van der Waals surface area contributed by atoms with Crippen molar-refractivity contribution < 1.29 is 17.6 Å². The molecule has 1 atom stereocenters. The fraction of sp³-hybridized carbons (Fsp3) is 0.182. The van der Waals surface area contributed by atoms with Crippen LogP contribution >= 0.6 is 0 Å². The number of halogens is 4. The molecular formula is C22H18F4N6O. The molecule has 2 heterocycles. The minimum atomic E-state index is -4.74. The second-order valence-electron chi connectivity index (χ2n) is 7.41. The van der Waals surface area contributed by atoms with Gasteiger partial charge in [-0.15, -0.1) is 0 Å². The van der Waals surface area contributed by atoms with Crippen molar-refractivity contribution >= 4 is 22.7 Å². The molecule has 0 fully saturated rings. The van der Waals surface area contributed by atoms with Crippen LogP contribution in [0.4, 0.5) is 29.3 Å². The Morgan fingerprint density at radius 3 is 2.55 bits per heavy atom. The highest BCUT2D eigenvalue weighted by molar-refractivity contribution is 5.81. The Hall–Kier alpha value is -4.02. The second-order valence-corrected chi connectivity index (χ2v) is 7.41. The van der Waals surface area contributed by atoms with Gasteiger partial charge in [0.15, 0.2) is 0 Å². The Morgan fingerprint density at radius 2 is 1.85 bits per heavy atom. The maximum atomic E-state index is 14.0. The molecule has 0 spiro atoms. The number of hydrogen-bond donors (Lipinski definition) is 2. The summed E-state index contributed by atoms with van der Waals surface area (Å²) in [5, 5.41) is 2.96. The smallest absolute Gasteiger partial charge is 0.368 e. The minimum Gasteiger partial charge on any atom is -0.368 e. The lowest BCUT2D eigenvalue weighted by atomic mass is 10.1. The number of hydrogen-bond acceptors (Lipinski definition) is 6. The first-order valence-electron chi connectivity index (χ1n) is 9.80. The second kappa shape index (κ2) is 8.15. The largest absolute Gasteiger partial charge is 0.421 e. The summed E-state index contributed by atoms with van der Waals surface area (Å²) < 4.78 is 55.5. The van der Waals surface area contributed by atoms with Crippen molar-refractivity contribution in [2.24, 2.45) is 0 Å². The van der Waals surface area contributed by atoms with Crippen molar-refractivity contribution in [1.29, 1.82) is 0 Å². The van der Waals surface area contributed by atoms with E-state index in [0.29, 0.717) is 22.7 Å². The summed E-state index contributed by atoms with van der Waals surface area (Å²) in [5.41, 5.74) is 5.08. The van der Waals surface area contributed by atoms with Gasteiger partial charge in [0.25, 0.3) is 5.56 Å². The van der Waals surface area contributed by atoms with Crippen LogP contribution in [-0.4, -0.2) is 19.5 Å². The highest BCUT2D eigenvalue weighted by Crippen LogP contribution is 2.35. The Morgan fingerprint density at radius 1 is 1.12 bits per heavy atom. The average Bonchev–Trinajstić information content (AvgIpc) is 2.72. The van der Waals surface area contributed by atoms with Crippen LogP contribution in [0.1, 0.15) is 29.9 Å². The zero-order chi connectivity index (χ0) is 23.9. The lowest BCUT2D eigenvalue weighted by molar-refractivity contribution is -0.137. The molecule has 3 N–H and O–H groups in total. The van der Waals surface area contributed by atoms with Crippen molar-refractivity contribution in [3.63, 3.8) is 0 Å². The lowest BCUT2D eigenvalue weighted by Gasteiger charge is -2.22. The first-order chi connectivity index (χ1) is 15.6.